The Balaban J connectivity index is 1.86. The van der Waals surface area contributed by atoms with E-state index in [1.54, 1.807) is 0 Å². The van der Waals surface area contributed by atoms with Crippen LogP contribution in [0.3, 0.4) is 0 Å². The number of piperazine rings is 1. The highest BCUT2D eigenvalue weighted by molar-refractivity contribution is 5.31. The van der Waals surface area contributed by atoms with Crippen LogP contribution in [0.5, 0.6) is 0 Å². The Morgan fingerprint density at radius 1 is 1.10 bits per heavy atom. The van der Waals surface area contributed by atoms with Crippen LogP contribution in [0.4, 0.5) is 0 Å². The average Bonchev–Trinajstić information content (AvgIpc) is 2.50. The summed E-state index contributed by atoms with van der Waals surface area (Å²) in [6.07, 6.45) is 1.24. The third-order valence-electron chi connectivity index (χ3n) is 5.04. The zero-order chi connectivity index (χ0) is 15.4. The number of nitrogens with zero attached hydrogens (tertiary/aromatic N) is 2. The van der Waals surface area contributed by atoms with E-state index in [1.165, 1.54) is 36.2 Å². The first-order valence-corrected chi connectivity index (χ1v) is 8.30. The number of aryl methyl sites for hydroxylation is 2. The highest BCUT2D eigenvalue weighted by Gasteiger charge is 2.21. The van der Waals surface area contributed by atoms with E-state index in [0.717, 1.165) is 19.6 Å². The molecule has 21 heavy (non-hydrogen) atoms. The van der Waals surface area contributed by atoms with Crippen LogP contribution in [0.15, 0.2) is 18.2 Å². The molecule has 1 aliphatic rings. The molecule has 1 fully saturated rings. The lowest BCUT2D eigenvalue weighted by molar-refractivity contribution is 0.0968. The second-order valence-corrected chi connectivity index (χ2v) is 6.54. The molecule has 0 aromatic heterocycles. The second kappa shape index (κ2) is 7.39. The topological polar surface area (TPSA) is 32.5 Å². The zero-order valence-electron chi connectivity index (χ0n) is 14.1. The molecule has 1 aromatic rings. The summed E-state index contributed by atoms with van der Waals surface area (Å²) in [6.45, 7) is 14.5. The minimum absolute atomic E-state index is 0.124. The van der Waals surface area contributed by atoms with Crippen LogP contribution >= 0.6 is 0 Å². The van der Waals surface area contributed by atoms with Crippen molar-refractivity contribution in [1.82, 2.24) is 9.80 Å². The van der Waals surface area contributed by atoms with Crippen molar-refractivity contribution >= 4 is 0 Å². The summed E-state index contributed by atoms with van der Waals surface area (Å²) >= 11 is 0. The van der Waals surface area contributed by atoms with E-state index < -0.39 is 0 Å². The lowest BCUT2D eigenvalue weighted by atomic mass is 10.0. The summed E-state index contributed by atoms with van der Waals surface area (Å²) in [5, 5.41) is 0. The fourth-order valence-corrected chi connectivity index (χ4v) is 3.02. The molecule has 0 radical (unpaired) electrons. The van der Waals surface area contributed by atoms with Gasteiger partial charge in [-0.1, -0.05) is 25.1 Å². The normalized spacial score (nSPS) is 20.4. The van der Waals surface area contributed by atoms with Crippen LogP contribution in [-0.2, 0) is 0 Å². The molecule has 118 valence electrons. The molecule has 0 saturated carbocycles. The van der Waals surface area contributed by atoms with Gasteiger partial charge >= 0.3 is 0 Å². The Morgan fingerprint density at radius 2 is 1.76 bits per heavy atom. The van der Waals surface area contributed by atoms with Crippen molar-refractivity contribution in [3.63, 3.8) is 0 Å². The highest BCUT2D eigenvalue weighted by Crippen LogP contribution is 2.17. The lowest BCUT2D eigenvalue weighted by Gasteiger charge is -2.38. The zero-order valence-corrected chi connectivity index (χ0v) is 14.1. The first kappa shape index (κ1) is 16.5. The summed E-state index contributed by atoms with van der Waals surface area (Å²) in [4.78, 5) is 5.11. The third kappa shape index (κ3) is 4.29. The second-order valence-electron chi connectivity index (χ2n) is 6.54. The minimum Gasteiger partial charge on any atom is -0.323 e. The first-order valence-electron chi connectivity index (χ1n) is 8.30. The Morgan fingerprint density at radius 3 is 2.33 bits per heavy atom. The van der Waals surface area contributed by atoms with Gasteiger partial charge < -0.3 is 5.73 Å². The van der Waals surface area contributed by atoms with Crippen molar-refractivity contribution in [2.24, 2.45) is 5.73 Å². The monoisotopic (exact) mass is 289 g/mol. The van der Waals surface area contributed by atoms with Gasteiger partial charge in [-0.15, -0.1) is 0 Å². The number of hydrogen-bond acceptors (Lipinski definition) is 3. The van der Waals surface area contributed by atoms with Gasteiger partial charge in [0.25, 0.3) is 0 Å². The van der Waals surface area contributed by atoms with Crippen LogP contribution in [0.25, 0.3) is 0 Å². The Bertz CT molecular complexity index is 450. The van der Waals surface area contributed by atoms with E-state index in [9.17, 15) is 0 Å². The fourth-order valence-electron chi connectivity index (χ4n) is 3.02. The van der Waals surface area contributed by atoms with Gasteiger partial charge in [0.1, 0.15) is 0 Å². The molecule has 2 rings (SSSR count). The molecule has 2 unspecified atom stereocenters. The van der Waals surface area contributed by atoms with Gasteiger partial charge in [-0.05, 0) is 43.9 Å². The van der Waals surface area contributed by atoms with Gasteiger partial charge in [0.2, 0.25) is 0 Å². The molecular formula is C18H31N3. The van der Waals surface area contributed by atoms with Gasteiger partial charge in [-0.25, -0.2) is 0 Å². The van der Waals surface area contributed by atoms with Gasteiger partial charge in [-0.3, -0.25) is 9.80 Å². The van der Waals surface area contributed by atoms with Crippen LogP contribution in [0.2, 0.25) is 0 Å². The molecule has 3 nitrogen and oxygen atoms in total. The quantitative estimate of drug-likeness (QED) is 0.904. The van der Waals surface area contributed by atoms with E-state index >= 15 is 0 Å². The van der Waals surface area contributed by atoms with E-state index in [2.05, 4.69) is 55.7 Å². The first-order chi connectivity index (χ1) is 10.0. The van der Waals surface area contributed by atoms with Crippen LogP contribution in [0, 0.1) is 13.8 Å². The van der Waals surface area contributed by atoms with Crippen LogP contribution < -0.4 is 5.73 Å². The number of rotatable bonds is 5. The van der Waals surface area contributed by atoms with Crippen LogP contribution in [-0.4, -0.2) is 48.6 Å². The maximum Gasteiger partial charge on any atom is 0.0424 e. The van der Waals surface area contributed by atoms with E-state index in [0.29, 0.717) is 6.04 Å². The largest absolute Gasteiger partial charge is 0.323 e. The van der Waals surface area contributed by atoms with Crippen molar-refractivity contribution in [3.05, 3.63) is 34.9 Å². The van der Waals surface area contributed by atoms with E-state index in [4.69, 9.17) is 5.73 Å². The summed E-state index contributed by atoms with van der Waals surface area (Å²) in [6, 6.07) is 7.45. The Hall–Kier alpha value is -0.900. The van der Waals surface area contributed by atoms with Crippen molar-refractivity contribution in [2.75, 3.05) is 32.7 Å². The maximum atomic E-state index is 6.41. The third-order valence-corrected chi connectivity index (χ3v) is 5.04. The van der Waals surface area contributed by atoms with Crippen molar-refractivity contribution in [1.29, 1.82) is 0 Å². The highest BCUT2D eigenvalue weighted by atomic mass is 15.3. The molecule has 1 aromatic carbocycles. The number of nitrogens with two attached hydrogens (primary N) is 1. The minimum atomic E-state index is 0.124. The molecule has 1 heterocycles. The molecule has 0 amide bonds. The lowest BCUT2D eigenvalue weighted by Crippen LogP contribution is -2.50. The van der Waals surface area contributed by atoms with Gasteiger partial charge in [0, 0.05) is 44.8 Å². The predicted molar refractivity (Wildman–Crippen MR) is 90.6 cm³/mol. The van der Waals surface area contributed by atoms with Crippen molar-refractivity contribution < 1.29 is 0 Å². The summed E-state index contributed by atoms with van der Waals surface area (Å²) in [7, 11) is 0. The summed E-state index contributed by atoms with van der Waals surface area (Å²) in [5.41, 5.74) is 10.4. The summed E-state index contributed by atoms with van der Waals surface area (Å²) < 4.78 is 0. The summed E-state index contributed by atoms with van der Waals surface area (Å²) in [5.74, 6) is 0. The number of benzene rings is 1. The van der Waals surface area contributed by atoms with Gasteiger partial charge in [-0.2, -0.15) is 0 Å². The van der Waals surface area contributed by atoms with E-state index in [1.807, 2.05) is 0 Å². The van der Waals surface area contributed by atoms with Crippen molar-refractivity contribution in [2.45, 2.75) is 46.2 Å². The maximum absolute atomic E-state index is 6.41. The fraction of sp³-hybridized carbons (Fsp3) is 0.667. The molecule has 0 aliphatic carbocycles. The molecule has 1 saturated heterocycles. The molecule has 2 N–H and O–H groups in total. The molecule has 0 bridgehead atoms. The van der Waals surface area contributed by atoms with Crippen molar-refractivity contribution in [3.8, 4) is 0 Å². The van der Waals surface area contributed by atoms with E-state index in [-0.39, 0.29) is 6.04 Å². The molecule has 3 heteroatoms. The van der Waals surface area contributed by atoms with Gasteiger partial charge in [0.05, 0.1) is 0 Å². The smallest absolute Gasteiger partial charge is 0.0424 e. The Kier molecular flexibility index (Phi) is 5.80. The molecule has 2 atom stereocenters. The Labute approximate surface area is 130 Å². The van der Waals surface area contributed by atoms with Crippen LogP contribution in [0.1, 0.15) is 43.0 Å². The molecule has 1 aliphatic heterocycles. The molecular weight excluding hydrogens is 258 g/mol. The van der Waals surface area contributed by atoms with Gasteiger partial charge in [0.15, 0.2) is 0 Å². The number of hydrogen-bond donors (Lipinski definition) is 1. The average molecular weight is 289 g/mol. The predicted octanol–water partition coefficient (Wildman–Crippen LogP) is 2.72. The standard InChI is InChI=1S/C18H31N3/c1-5-16(4)21-10-8-20(9-11-21)13-18(19)17-7-6-14(2)15(3)12-17/h6-7,12,16,18H,5,8-11,13,19H2,1-4H3. The SMILES string of the molecule is CCC(C)N1CCN(CC(N)c2ccc(C)c(C)c2)CC1. The molecule has 0 spiro atoms.